The Hall–Kier alpha value is -2.82. The van der Waals surface area contributed by atoms with E-state index < -0.39 is 6.03 Å². The van der Waals surface area contributed by atoms with Crippen LogP contribution in [0.25, 0.3) is 0 Å². The molecular formula is C16H16N2O3. The van der Waals surface area contributed by atoms with Crippen molar-refractivity contribution in [3.63, 3.8) is 0 Å². The molecular weight excluding hydrogens is 268 g/mol. The van der Waals surface area contributed by atoms with E-state index in [1.807, 2.05) is 30.3 Å². The maximum absolute atomic E-state index is 11.9. The minimum Gasteiger partial charge on any atom is -0.457 e. The number of ether oxygens (including phenoxy) is 1. The molecule has 0 aromatic heterocycles. The zero-order valence-electron chi connectivity index (χ0n) is 11.4. The van der Waals surface area contributed by atoms with E-state index in [2.05, 4.69) is 5.32 Å². The van der Waals surface area contributed by atoms with Crippen LogP contribution in [0.4, 0.5) is 4.79 Å². The maximum Gasteiger partial charge on any atom is 0.338 e. The minimum atomic E-state index is -0.582. The molecule has 0 heterocycles. The van der Waals surface area contributed by atoms with E-state index >= 15 is 0 Å². The zero-order valence-corrected chi connectivity index (χ0v) is 11.4. The van der Waals surface area contributed by atoms with Gasteiger partial charge in [0.1, 0.15) is 6.61 Å². The highest BCUT2D eigenvalue weighted by molar-refractivity contribution is 5.89. The van der Waals surface area contributed by atoms with E-state index in [-0.39, 0.29) is 12.6 Å². The summed E-state index contributed by atoms with van der Waals surface area (Å²) in [5.41, 5.74) is 7.25. The largest absolute Gasteiger partial charge is 0.457 e. The third-order valence-corrected chi connectivity index (χ3v) is 2.87. The molecule has 0 aliphatic carbocycles. The van der Waals surface area contributed by atoms with Crippen molar-refractivity contribution in [2.75, 3.05) is 0 Å². The van der Waals surface area contributed by atoms with Gasteiger partial charge in [0.2, 0.25) is 0 Å². The molecule has 0 saturated carbocycles. The van der Waals surface area contributed by atoms with Crippen molar-refractivity contribution in [1.82, 2.24) is 5.32 Å². The normalized spacial score (nSPS) is 9.90. The average molecular weight is 284 g/mol. The Kier molecular flexibility index (Phi) is 4.93. The molecule has 3 N–H and O–H groups in total. The van der Waals surface area contributed by atoms with E-state index in [0.29, 0.717) is 12.1 Å². The van der Waals surface area contributed by atoms with Crippen LogP contribution in [0.1, 0.15) is 21.5 Å². The molecule has 21 heavy (non-hydrogen) atoms. The van der Waals surface area contributed by atoms with Gasteiger partial charge in [-0.05, 0) is 23.3 Å². The van der Waals surface area contributed by atoms with E-state index in [0.717, 1.165) is 11.1 Å². The van der Waals surface area contributed by atoms with Crippen molar-refractivity contribution in [2.45, 2.75) is 13.2 Å². The molecule has 0 radical (unpaired) electrons. The van der Waals surface area contributed by atoms with Gasteiger partial charge in [-0.15, -0.1) is 0 Å². The summed E-state index contributed by atoms with van der Waals surface area (Å²) in [6, 6.07) is 15.7. The highest BCUT2D eigenvalue weighted by atomic mass is 16.5. The summed E-state index contributed by atoms with van der Waals surface area (Å²) in [7, 11) is 0. The maximum atomic E-state index is 11.9. The second-order valence-electron chi connectivity index (χ2n) is 4.48. The number of nitrogens with one attached hydrogen (secondary N) is 1. The van der Waals surface area contributed by atoms with Crippen LogP contribution in [0.5, 0.6) is 0 Å². The lowest BCUT2D eigenvalue weighted by atomic mass is 10.1. The topological polar surface area (TPSA) is 81.4 Å². The lowest BCUT2D eigenvalue weighted by Crippen LogP contribution is -2.28. The van der Waals surface area contributed by atoms with E-state index in [1.54, 1.807) is 24.3 Å². The van der Waals surface area contributed by atoms with Crippen molar-refractivity contribution in [2.24, 2.45) is 5.73 Å². The summed E-state index contributed by atoms with van der Waals surface area (Å²) in [5.74, 6) is -0.381. The number of primary amides is 1. The number of carbonyl (C=O) groups excluding carboxylic acids is 2. The van der Waals surface area contributed by atoms with Gasteiger partial charge in [-0.25, -0.2) is 9.59 Å². The Morgan fingerprint density at radius 1 is 0.952 bits per heavy atom. The monoisotopic (exact) mass is 284 g/mol. The Labute approximate surface area is 122 Å². The molecule has 0 saturated heterocycles. The molecule has 2 aromatic carbocycles. The Morgan fingerprint density at radius 3 is 2.24 bits per heavy atom. The second-order valence-corrected chi connectivity index (χ2v) is 4.48. The van der Waals surface area contributed by atoms with Crippen molar-refractivity contribution in [3.8, 4) is 0 Å². The van der Waals surface area contributed by atoms with Gasteiger partial charge in [-0.3, -0.25) is 0 Å². The molecule has 0 atom stereocenters. The fraction of sp³-hybridized carbons (Fsp3) is 0.125. The SMILES string of the molecule is NC(=O)NCc1ccc(C(=O)OCc2ccccc2)cc1. The summed E-state index contributed by atoms with van der Waals surface area (Å²) in [6.45, 7) is 0.569. The molecule has 2 aromatic rings. The first-order valence-electron chi connectivity index (χ1n) is 6.48. The smallest absolute Gasteiger partial charge is 0.338 e. The number of rotatable bonds is 5. The minimum absolute atomic E-state index is 0.241. The predicted octanol–water partition coefficient (Wildman–Crippen LogP) is 2.21. The Morgan fingerprint density at radius 2 is 1.62 bits per heavy atom. The highest BCUT2D eigenvalue weighted by Crippen LogP contribution is 2.08. The van der Waals surface area contributed by atoms with Crippen LogP contribution < -0.4 is 11.1 Å². The van der Waals surface area contributed by atoms with Gasteiger partial charge in [-0.2, -0.15) is 0 Å². The number of hydrogen-bond donors (Lipinski definition) is 2. The molecule has 108 valence electrons. The molecule has 0 unspecified atom stereocenters. The number of nitrogens with two attached hydrogens (primary N) is 1. The summed E-state index contributed by atoms with van der Waals surface area (Å²) in [5, 5.41) is 2.48. The Balaban J connectivity index is 1.89. The van der Waals surface area contributed by atoms with Crippen LogP contribution in [0.2, 0.25) is 0 Å². The van der Waals surface area contributed by atoms with Crippen LogP contribution in [0.3, 0.4) is 0 Å². The molecule has 0 bridgehead atoms. The molecule has 0 aliphatic heterocycles. The van der Waals surface area contributed by atoms with E-state index in [9.17, 15) is 9.59 Å². The highest BCUT2D eigenvalue weighted by Gasteiger charge is 2.07. The number of esters is 1. The summed E-state index contributed by atoms with van der Waals surface area (Å²) in [4.78, 5) is 22.5. The number of benzene rings is 2. The standard InChI is InChI=1S/C16H16N2O3/c17-16(20)18-10-12-6-8-14(9-7-12)15(19)21-11-13-4-2-1-3-5-13/h1-9H,10-11H2,(H3,17,18,20). The molecule has 5 heteroatoms. The number of carbonyl (C=O) groups is 2. The zero-order chi connectivity index (χ0) is 15.1. The third kappa shape index (κ3) is 4.65. The van der Waals surface area contributed by atoms with Gasteiger partial charge in [0.25, 0.3) is 0 Å². The molecule has 0 fully saturated rings. The van der Waals surface area contributed by atoms with Gasteiger partial charge >= 0.3 is 12.0 Å². The predicted molar refractivity (Wildman–Crippen MR) is 78.4 cm³/mol. The van der Waals surface area contributed by atoms with Gasteiger partial charge in [0.05, 0.1) is 5.56 Å². The van der Waals surface area contributed by atoms with Crippen molar-refractivity contribution >= 4 is 12.0 Å². The molecule has 2 amide bonds. The quantitative estimate of drug-likeness (QED) is 0.826. The fourth-order valence-electron chi connectivity index (χ4n) is 1.75. The first kappa shape index (κ1) is 14.6. The molecule has 0 spiro atoms. The second kappa shape index (κ2) is 7.09. The fourth-order valence-corrected chi connectivity index (χ4v) is 1.75. The van der Waals surface area contributed by atoms with Crippen molar-refractivity contribution in [3.05, 3.63) is 71.3 Å². The molecule has 5 nitrogen and oxygen atoms in total. The van der Waals surface area contributed by atoms with Gasteiger partial charge in [0, 0.05) is 6.54 Å². The average Bonchev–Trinajstić information content (AvgIpc) is 2.52. The van der Waals surface area contributed by atoms with Gasteiger partial charge in [-0.1, -0.05) is 42.5 Å². The summed E-state index contributed by atoms with van der Waals surface area (Å²) in [6.07, 6.45) is 0. The third-order valence-electron chi connectivity index (χ3n) is 2.87. The van der Waals surface area contributed by atoms with Crippen LogP contribution in [-0.2, 0) is 17.9 Å². The molecule has 0 aliphatic rings. The van der Waals surface area contributed by atoms with Gasteiger partial charge < -0.3 is 15.8 Å². The van der Waals surface area contributed by atoms with E-state index in [1.165, 1.54) is 0 Å². The number of amides is 2. The summed E-state index contributed by atoms with van der Waals surface area (Å²) >= 11 is 0. The number of urea groups is 1. The molecule has 2 rings (SSSR count). The van der Waals surface area contributed by atoms with E-state index in [4.69, 9.17) is 10.5 Å². The Bertz CT molecular complexity index is 609. The first-order valence-corrected chi connectivity index (χ1v) is 6.48. The first-order chi connectivity index (χ1) is 10.1. The van der Waals surface area contributed by atoms with Crippen LogP contribution in [-0.4, -0.2) is 12.0 Å². The van der Waals surface area contributed by atoms with Crippen LogP contribution in [0, 0.1) is 0 Å². The number of hydrogen-bond acceptors (Lipinski definition) is 3. The summed E-state index contributed by atoms with van der Waals surface area (Å²) < 4.78 is 5.22. The van der Waals surface area contributed by atoms with Crippen molar-refractivity contribution < 1.29 is 14.3 Å². The van der Waals surface area contributed by atoms with Gasteiger partial charge in [0.15, 0.2) is 0 Å². The van der Waals surface area contributed by atoms with Crippen LogP contribution >= 0.6 is 0 Å². The van der Waals surface area contributed by atoms with Crippen LogP contribution in [0.15, 0.2) is 54.6 Å². The lowest BCUT2D eigenvalue weighted by Gasteiger charge is -2.06. The van der Waals surface area contributed by atoms with Crippen molar-refractivity contribution in [1.29, 1.82) is 0 Å². The lowest BCUT2D eigenvalue weighted by molar-refractivity contribution is 0.0472.